The maximum atomic E-state index is 12.8. The van der Waals surface area contributed by atoms with Crippen LogP contribution in [0.1, 0.15) is 36.8 Å². The molecule has 0 bridgehead atoms. The Morgan fingerprint density at radius 1 is 0.971 bits per heavy atom. The molecule has 0 unspecified atom stereocenters. The molecule has 34 heavy (non-hydrogen) atoms. The third-order valence-corrected chi connectivity index (χ3v) is 5.95. The summed E-state index contributed by atoms with van der Waals surface area (Å²) in [6.45, 7) is 2.68. The average Bonchev–Trinajstić information content (AvgIpc) is 2.86. The quantitative estimate of drug-likeness (QED) is 0.457. The van der Waals surface area contributed by atoms with Gasteiger partial charge in [-0.3, -0.25) is 0 Å². The zero-order valence-corrected chi connectivity index (χ0v) is 19.8. The fourth-order valence-corrected chi connectivity index (χ4v) is 3.89. The molecule has 2 N–H and O–H groups in total. The maximum Gasteiger partial charge on any atom is 0.437 e. The van der Waals surface area contributed by atoms with Gasteiger partial charge < -0.3 is 20.1 Å². The number of benzene rings is 2. The van der Waals surface area contributed by atoms with Gasteiger partial charge >= 0.3 is 12.2 Å². The number of rotatable bonds is 8. The molecule has 2 aromatic rings. The van der Waals surface area contributed by atoms with Crippen LogP contribution in [0.3, 0.4) is 0 Å². The Morgan fingerprint density at radius 3 is 2.12 bits per heavy atom. The first kappa shape index (κ1) is 25.2. The Bertz CT molecular complexity index is 928. The van der Waals surface area contributed by atoms with E-state index in [2.05, 4.69) is 16.9 Å². The van der Waals surface area contributed by atoms with Crippen molar-refractivity contribution >= 4 is 18.1 Å². The van der Waals surface area contributed by atoms with E-state index in [1.165, 1.54) is 4.90 Å². The average molecular weight is 467 g/mol. The lowest BCUT2D eigenvalue weighted by atomic mass is 9.92. The molecular weight excluding hydrogens is 432 g/mol. The van der Waals surface area contributed by atoms with Crippen LogP contribution in [0.5, 0.6) is 0 Å². The number of guanidine groups is 1. The van der Waals surface area contributed by atoms with E-state index in [1.54, 1.807) is 0 Å². The van der Waals surface area contributed by atoms with Crippen LogP contribution in [0, 0.1) is 5.92 Å². The molecule has 1 heterocycles. The van der Waals surface area contributed by atoms with E-state index in [0.717, 1.165) is 49.9 Å². The van der Waals surface area contributed by atoms with Crippen LogP contribution in [-0.2, 0) is 22.7 Å². The van der Waals surface area contributed by atoms with Gasteiger partial charge in [-0.05, 0) is 62.9 Å². The van der Waals surface area contributed by atoms with Gasteiger partial charge in [-0.1, -0.05) is 60.7 Å². The number of nitrogens with two attached hydrogens (primary N) is 1. The topological polar surface area (TPSA) is 97.5 Å². The molecule has 0 radical (unpaired) electrons. The number of likely N-dealkylation sites (tertiary alicyclic amines) is 1. The summed E-state index contributed by atoms with van der Waals surface area (Å²) in [6, 6.07) is 18.7. The van der Waals surface area contributed by atoms with Crippen LogP contribution in [-0.4, -0.2) is 54.6 Å². The Morgan fingerprint density at radius 2 is 1.53 bits per heavy atom. The molecule has 1 fully saturated rings. The number of hydrogen-bond donors (Lipinski definition) is 1. The van der Waals surface area contributed by atoms with Crippen molar-refractivity contribution in [3.05, 3.63) is 71.8 Å². The summed E-state index contributed by atoms with van der Waals surface area (Å²) in [5, 5.41) is 0. The van der Waals surface area contributed by atoms with E-state index in [9.17, 15) is 9.59 Å². The van der Waals surface area contributed by atoms with Gasteiger partial charge in [-0.25, -0.2) is 14.5 Å². The first-order chi connectivity index (χ1) is 16.5. The van der Waals surface area contributed by atoms with E-state index in [-0.39, 0.29) is 19.2 Å². The van der Waals surface area contributed by atoms with Crippen LogP contribution in [0.2, 0.25) is 0 Å². The molecule has 1 aliphatic heterocycles. The second-order valence-corrected chi connectivity index (χ2v) is 8.59. The first-order valence-electron chi connectivity index (χ1n) is 11.7. The van der Waals surface area contributed by atoms with Crippen LogP contribution in [0.25, 0.3) is 0 Å². The van der Waals surface area contributed by atoms with Crippen LogP contribution < -0.4 is 5.73 Å². The highest BCUT2D eigenvalue weighted by molar-refractivity contribution is 5.97. The molecule has 2 aromatic carbocycles. The van der Waals surface area contributed by atoms with Crippen molar-refractivity contribution in [1.82, 2.24) is 9.80 Å². The number of hydrogen-bond acceptors (Lipinski definition) is 5. The van der Waals surface area contributed by atoms with E-state index in [0.29, 0.717) is 12.5 Å². The van der Waals surface area contributed by atoms with Crippen molar-refractivity contribution in [2.24, 2.45) is 16.6 Å². The largest absolute Gasteiger partial charge is 0.444 e. The SMILES string of the molecule is CN1CCC(CCCN(C(=O)OCc2ccccc2)/C(N)=N/C(=O)OCc2ccccc2)CC1. The highest BCUT2D eigenvalue weighted by atomic mass is 16.6. The molecular formula is C26H34N4O4. The number of carbonyl (C=O) groups is 2. The fraction of sp³-hybridized carbons (Fsp3) is 0.423. The second-order valence-electron chi connectivity index (χ2n) is 8.59. The van der Waals surface area contributed by atoms with Crippen LogP contribution in [0.15, 0.2) is 65.7 Å². The minimum absolute atomic E-state index is 0.0744. The summed E-state index contributed by atoms with van der Waals surface area (Å²) in [7, 11) is 2.13. The molecule has 1 aliphatic rings. The monoisotopic (exact) mass is 466 g/mol. The van der Waals surface area contributed by atoms with Crippen molar-refractivity contribution in [2.75, 3.05) is 26.7 Å². The Kier molecular flexibility index (Phi) is 9.91. The number of aliphatic imine (C=N–C) groups is 1. The summed E-state index contributed by atoms with van der Waals surface area (Å²) < 4.78 is 10.6. The minimum atomic E-state index is -0.850. The van der Waals surface area contributed by atoms with Gasteiger partial charge in [-0.2, -0.15) is 0 Å². The summed E-state index contributed by atoms with van der Waals surface area (Å²) in [4.78, 5) is 32.4. The van der Waals surface area contributed by atoms with E-state index in [4.69, 9.17) is 15.2 Å². The molecule has 8 heteroatoms. The maximum absolute atomic E-state index is 12.8. The lowest BCUT2D eigenvalue weighted by molar-refractivity contribution is 0.114. The van der Waals surface area contributed by atoms with Crippen molar-refractivity contribution < 1.29 is 19.1 Å². The van der Waals surface area contributed by atoms with E-state index >= 15 is 0 Å². The zero-order valence-electron chi connectivity index (χ0n) is 19.8. The van der Waals surface area contributed by atoms with Crippen molar-refractivity contribution in [1.29, 1.82) is 0 Å². The standard InChI is InChI=1S/C26H34N4O4/c1-29-17-14-21(15-18-29)13-8-16-30(26(32)34-20-23-11-6-3-7-12-23)24(27)28-25(31)33-19-22-9-4-2-5-10-22/h2-7,9-12,21H,8,13-20H2,1H3,(H2,27,28,31). The molecule has 1 saturated heterocycles. The lowest BCUT2D eigenvalue weighted by Gasteiger charge is -2.29. The highest BCUT2D eigenvalue weighted by Gasteiger charge is 2.22. The summed E-state index contributed by atoms with van der Waals surface area (Å²) >= 11 is 0. The van der Waals surface area contributed by atoms with Gasteiger partial charge in [-0.15, -0.1) is 4.99 Å². The molecule has 8 nitrogen and oxygen atoms in total. The molecule has 3 rings (SSSR count). The van der Waals surface area contributed by atoms with Gasteiger partial charge in [0.1, 0.15) is 13.2 Å². The third kappa shape index (κ3) is 8.51. The Balaban J connectivity index is 1.58. The fourth-order valence-electron chi connectivity index (χ4n) is 3.89. The van der Waals surface area contributed by atoms with Crippen LogP contribution >= 0.6 is 0 Å². The van der Waals surface area contributed by atoms with Crippen molar-refractivity contribution in [3.63, 3.8) is 0 Å². The van der Waals surface area contributed by atoms with E-state index in [1.807, 2.05) is 60.7 Å². The smallest absolute Gasteiger partial charge is 0.437 e. The molecule has 0 spiro atoms. The summed E-state index contributed by atoms with van der Waals surface area (Å²) in [6.07, 6.45) is 2.52. The highest BCUT2D eigenvalue weighted by Crippen LogP contribution is 2.21. The summed E-state index contributed by atoms with van der Waals surface area (Å²) in [5.41, 5.74) is 7.76. The van der Waals surface area contributed by atoms with Crippen molar-refractivity contribution in [3.8, 4) is 0 Å². The third-order valence-electron chi connectivity index (χ3n) is 5.95. The molecule has 182 valence electrons. The zero-order chi connectivity index (χ0) is 24.2. The van der Waals surface area contributed by atoms with Gasteiger partial charge in [0.25, 0.3) is 0 Å². The lowest BCUT2D eigenvalue weighted by Crippen LogP contribution is -2.43. The first-order valence-corrected chi connectivity index (χ1v) is 11.7. The molecule has 0 aromatic heterocycles. The van der Waals surface area contributed by atoms with Gasteiger partial charge in [0.15, 0.2) is 0 Å². The van der Waals surface area contributed by atoms with Gasteiger partial charge in [0.05, 0.1) is 0 Å². The number of carbonyl (C=O) groups excluding carboxylic acids is 2. The number of ether oxygens (including phenoxy) is 2. The van der Waals surface area contributed by atoms with Crippen molar-refractivity contribution in [2.45, 2.75) is 38.9 Å². The normalized spacial score (nSPS) is 15.0. The molecule has 0 saturated carbocycles. The molecule has 2 amide bonds. The van der Waals surface area contributed by atoms with E-state index < -0.39 is 12.2 Å². The predicted octanol–water partition coefficient (Wildman–Crippen LogP) is 4.40. The minimum Gasteiger partial charge on any atom is -0.444 e. The predicted molar refractivity (Wildman–Crippen MR) is 131 cm³/mol. The second kappa shape index (κ2) is 13.3. The number of amides is 2. The Hall–Kier alpha value is -3.39. The molecule has 0 atom stereocenters. The molecule has 0 aliphatic carbocycles. The summed E-state index contributed by atoms with van der Waals surface area (Å²) in [5.74, 6) is 0.395. The van der Waals surface area contributed by atoms with Gasteiger partial charge in [0.2, 0.25) is 5.96 Å². The van der Waals surface area contributed by atoms with Gasteiger partial charge in [0, 0.05) is 6.54 Å². The number of piperidine rings is 1. The van der Waals surface area contributed by atoms with Crippen LogP contribution in [0.4, 0.5) is 9.59 Å². The Labute approximate surface area is 201 Å². The number of nitrogens with zero attached hydrogens (tertiary/aromatic N) is 3.